The zero-order valence-electron chi connectivity index (χ0n) is 17.8. The van der Waals surface area contributed by atoms with Crippen LogP contribution in [0.25, 0.3) is 0 Å². The molecular formula is C21H20F5N7O. The molecular weight excluding hydrogens is 461 g/mol. The van der Waals surface area contributed by atoms with Crippen molar-refractivity contribution >= 4 is 17.6 Å². The van der Waals surface area contributed by atoms with Crippen LogP contribution < -0.4 is 10.2 Å². The first kappa shape index (κ1) is 22.4. The molecule has 3 aromatic rings. The van der Waals surface area contributed by atoms with Crippen molar-refractivity contribution in [1.29, 1.82) is 0 Å². The van der Waals surface area contributed by atoms with Crippen LogP contribution in [0, 0.1) is 0 Å². The SMILES string of the molecule is FC1(F)CN(c2nc(Nc3cc(C(F)(F)F)ccn3)cc(C3CCN(Cc4ncco4)C3)n2)C1. The highest BCUT2D eigenvalue weighted by molar-refractivity contribution is 5.56. The molecule has 5 heterocycles. The van der Waals surface area contributed by atoms with Crippen molar-refractivity contribution in [1.82, 2.24) is 24.8 Å². The quantitative estimate of drug-likeness (QED) is 0.528. The minimum atomic E-state index is -4.53. The normalized spacial score (nSPS) is 20.4. The van der Waals surface area contributed by atoms with Gasteiger partial charge >= 0.3 is 6.18 Å². The number of alkyl halides is 5. The third-order valence-corrected chi connectivity index (χ3v) is 5.74. The highest BCUT2D eigenvalue weighted by atomic mass is 19.4. The summed E-state index contributed by atoms with van der Waals surface area (Å²) in [7, 11) is 0. The number of rotatable bonds is 6. The highest BCUT2D eigenvalue weighted by Gasteiger charge is 2.45. The summed E-state index contributed by atoms with van der Waals surface area (Å²) in [5.74, 6) is -2.03. The largest absolute Gasteiger partial charge is 0.448 e. The molecule has 0 spiro atoms. The Morgan fingerprint density at radius 2 is 1.91 bits per heavy atom. The summed E-state index contributed by atoms with van der Waals surface area (Å²) < 4.78 is 71.4. The number of nitrogens with one attached hydrogen (secondary N) is 1. The molecule has 2 saturated heterocycles. The minimum Gasteiger partial charge on any atom is -0.448 e. The molecule has 34 heavy (non-hydrogen) atoms. The number of hydrogen-bond donors (Lipinski definition) is 1. The molecule has 1 N–H and O–H groups in total. The van der Waals surface area contributed by atoms with E-state index in [-0.39, 0.29) is 23.5 Å². The Kier molecular flexibility index (Phi) is 5.58. The molecule has 2 fully saturated rings. The molecule has 5 rings (SSSR count). The second kappa shape index (κ2) is 8.46. The van der Waals surface area contributed by atoms with E-state index < -0.39 is 30.8 Å². The van der Waals surface area contributed by atoms with Crippen molar-refractivity contribution in [2.45, 2.75) is 31.0 Å². The van der Waals surface area contributed by atoms with Gasteiger partial charge in [0.1, 0.15) is 17.9 Å². The molecule has 1 unspecified atom stereocenters. The minimum absolute atomic E-state index is 0.0199. The Bertz CT molecular complexity index is 1150. The number of pyridine rings is 1. The van der Waals surface area contributed by atoms with E-state index in [9.17, 15) is 22.0 Å². The van der Waals surface area contributed by atoms with E-state index in [2.05, 4.69) is 30.2 Å². The van der Waals surface area contributed by atoms with Crippen molar-refractivity contribution in [3.05, 3.63) is 54.0 Å². The van der Waals surface area contributed by atoms with Gasteiger partial charge in [0.05, 0.1) is 37.1 Å². The van der Waals surface area contributed by atoms with Gasteiger partial charge in [0, 0.05) is 24.7 Å². The molecule has 13 heteroatoms. The molecule has 2 aliphatic rings. The summed E-state index contributed by atoms with van der Waals surface area (Å²) in [6.07, 6.45) is 0.349. The lowest BCUT2D eigenvalue weighted by molar-refractivity contribution is -0.137. The van der Waals surface area contributed by atoms with Gasteiger partial charge in [0.15, 0.2) is 0 Å². The van der Waals surface area contributed by atoms with E-state index in [4.69, 9.17) is 4.42 Å². The van der Waals surface area contributed by atoms with Crippen molar-refractivity contribution in [2.24, 2.45) is 0 Å². The summed E-state index contributed by atoms with van der Waals surface area (Å²) in [6.45, 7) is 0.888. The van der Waals surface area contributed by atoms with Crippen LogP contribution in [-0.4, -0.2) is 56.9 Å². The molecule has 0 radical (unpaired) electrons. The van der Waals surface area contributed by atoms with Gasteiger partial charge in [0.2, 0.25) is 11.8 Å². The second-order valence-electron chi connectivity index (χ2n) is 8.39. The van der Waals surface area contributed by atoms with Crippen LogP contribution >= 0.6 is 0 Å². The van der Waals surface area contributed by atoms with Crippen molar-refractivity contribution in [2.75, 3.05) is 36.4 Å². The summed E-state index contributed by atoms with van der Waals surface area (Å²) in [5.41, 5.74) is -0.246. The Morgan fingerprint density at radius 1 is 1.09 bits per heavy atom. The molecule has 180 valence electrons. The van der Waals surface area contributed by atoms with Crippen LogP contribution in [0.15, 0.2) is 41.3 Å². The maximum Gasteiger partial charge on any atom is 0.416 e. The lowest BCUT2D eigenvalue weighted by Gasteiger charge is -2.38. The van der Waals surface area contributed by atoms with Gasteiger partial charge in [0.25, 0.3) is 5.92 Å². The topological polar surface area (TPSA) is 83.2 Å². The van der Waals surface area contributed by atoms with Crippen LogP contribution in [0.5, 0.6) is 0 Å². The number of halogens is 5. The average molecular weight is 481 g/mol. The number of oxazole rings is 1. The molecule has 1 atom stereocenters. The van der Waals surface area contributed by atoms with Gasteiger partial charge in [-0.3, -0.25) is 4.90 Å². The molecule has 3 aromatic heterocycles. The molecule has 0 aromatic carbocycles. The fraction of sp³-hybridized carbons (Fsp3) is 0.429. The van der Waals surface area contributed by atoms with Gasteiger partial charge in [-0.1, -0.05) is 0 Å². The molecule has 0 saturated carbocycles. The van der Waals surface area contributed by atoms with E-state index >= 15 is 0 Å². The van der Waals surface area contributed by atoms with Crippen LogP contribution in [0.4, 0.5) is 39.5 Å². The van der Waals surface area contributed by atoms with Crippen LogP contribution in [-0.2, 0) is 12.7 Å². The van der Waals surface area contributed by atoms with Crippen LogP contribution in [0.1, 0.15) is 29.5 Å². The predicted octanol–water partition coefficient (Wildman–Crippen LogP) is 4.07. The van der Waals surface area contributed by atoms with E-state index in [1.807, 2.05) is 0 Å². The monoisotopic (exact) mass is 481 g/mol. The summed E-state index contributed by atoms with van der Waals surface area (Å²) >= 11 is 0. The fourth-order valence-corrected chi connectivity index (χ4v) is 4.07. The zero-order chi connectivity index (χ0) is 23.9. The third-order valence-electron chi connectivity index (χ3n) is 5.74. The van der Waals surface area contributed by atoms with E-state index in [1.54, 1.807) is 12.3 Å². The molecule has 2 aliphatic heterocycles. The van der Waals surface area contributed by atoms with Gasteiger partial charge in [-0.15, -0.1) is 0 Å². The molecule has 0 amide bonds. The van der Waals surface area contributed by atoms with Gasteiger partial charge < -0.3 is 14.6 Å². The summed E-state index contributed by atoms with van der Waals surface area (Å²) in [4.78, 5) is 20.3. The Labute approximate surface area is 190 Å². The average Bonchev–Trinajstić information content (AvgIpc) is 3.44. The number of aromatic nitrogens is 4. The van der Waals surface area contributed by atoms with Gasteiger partial charge in [-0.05, 0) is 25.1 Å². The van der Waals surface area contributed by atoms with Crippen LogP contribution in [0.2, 0.25) is 0 Å². The van der Waals surface area contributed by atoms with Crippen LogP contribution in [0.3, 0.4) is 0 Å². The molecule has 8 nitrogen and oxygen atoms in total. The molecule has 0 aliphatic carbocycles. The summed E-state index contributed by atoms with van der Waals surface area (Å²) in [6, 6.07) is 3.36. The van der Waals surface area contributed by atoms with Gasteiger partial charge in [-0.25, -0.2) is 23.7 Å². The number of nitrogens with zero attached hydrogens (tertiary/aromatic N) is 6. The first-order chi connectivity index (χ1) is 16.1. The van der Waals surface area contributed by atoms with Crippen molar-refractivity contribution in [3.63, 3.8) is 0 Å². The standard InChI is InChI=1S/C21H20F5N7O/c22-20(23)11-33(12-20)19-29-15(13-2-5-32(9-13)10-18-28-4-6-34-18)8-17(31-19)30-16-7-14(1-3-27-16)21(24,25)26/h1,3-4,6-8,13H,2,5,9-12H2,(H,27,29,30,31). The van der Waals surface area contributed by atoms with E-state index in [0.29, 0.717) is 24.7 Å². The number of hydrogen-bond acceptors (Lipinski definition) is 8. The van der Waals surface area contributed by atoms with E-state index in [1.165, 1.54) is 11.2 Å². The first-order valence-corrected chi connectivity index (χ1v) is 10.6. The second-order valence-corrected chi connectivity index (χ2v) is 8.39. The third kappa shape index (κ3) is 4.93. The Hall–Kier alpha value is -3.35. The predicted molar refractivity (Wildman–Crippen MR) is 111 cm³/mol. The Balaban J connectivity index is 1.39. The lowest BCUT2D eigenvalue weighted by atomic mass is 10.0. The zero-order valence-corrected chi connectivity index (χ0v) is 17.8. The maximum atomic E-state index is 13.5. The summed E-state index contributed by atoms with van der Waals surface area (Å²) in [5, 5.41) is 2.78. The van der Waals surface area contributed by atoms with E-state index in [0.717, 1.165) is 31.3 Å². The highest BCUT2D eigenvalue weighted by Crippen LogP contribution is 2.35. The van der Waals surface area contributed by atoms with Crippen molar-refractivity contribution < 1.29 is 26.4 Å². The first-order valence-electron chi connectivity index (χ1n) is 10.6. The number of likely N-dealkylation sites (tertiary alicyclic amines) is 1. The molecule has 0 bridgehead atoms. The van der Waals surface area contributed by atoms with Crippen molar-refractivity contribution in [3.8, 4) is 0 Å². The smallest absolute Gasteiger partial charge is 0.416 e. The number of anilines is 3. The van der Waals surface area contributed by atoms with Gasteiger partial charge in [-0.2, -0.15) is 18.2 Å². The maximum absolute atomic E-state index is 13.5. The Morgan fingerprint density at radius 3 is 2.62 bits per heavy atom. The lowest BCUT2D eigenvalue weighted by Crippen LogP contribution is -2.57. The fourth-order valence-electron chi connectivity index (χ4n) is 4.07.